The number of aromatic nitrogens is 2. The van der Waals surface area contributed by atoms with E-state index < -0.39 is 0 Å². The van der Waals surface area contributed by atoms with Crippen molar-refractivity contribution >= 4 is 39.9 Å². The van der Waals surface area contributed by atoms with Gasteiger partial charge in [0.2, 0.25) is 5.91 Å². The third-order valence-electron chi connectivity index (χ3n) is 6.19. The van der Waals surface area contributed by atoms with E-state index in [4.69, 9.17) is 20.8 Å². The van der Waals surface area contributed by atoms with Crippen LogP contribution in [0.5, 0.6) is 5.75 Å². The van der Waals surface area contributed by atoms with Crippen molar-refractivity contribution in [3.63, 3.8) is 0 Å². The summed E-state index contributed by atoms with van der Waals surface area (Å²) in [7, 11) is 1.62. The van der Waals surface area contributed by atoms with Crippen LogP contribution in [0.1, 0.15) is 17.7 Å². The van der Waals surface area contributed by atoms with Crippen molar-refractivity contribution in [2.24, 2.45) is 0 Å². The number of benzene rings is 3. The van der Waals surface area contributed by atoms with Crippen molar-refractivity contribution in [3.05, 3.63) is 101 Å². The van der Waals surface area contributed by atoms with Crippen LogP contribution in [0.4, 0.5) is 15.9 Å². The molecule has 2 heterocycles. The highest BCUT2D eigenvalue weighted by atomic mass is 35.5. The maximum Gasteiger partial charge on any atom is 0.221 e. The van der Waals surface area contributed by atoms with Gasteiger partial charge in [-0.3, -0.25) is 4.79 Å². The van der Waals surface area contributed by atoms with Gasteiger partial charge in [-0.15, -0.1) is 0 Å². The molecule has 0 unspecified atom stereocenters. The largest absolute Gasteiger partial charge is 0.487 e. The summed E-state index contributed by atoms with van der Waals surface area (Å²) in [6, 6.07) is 21.2. The number of fused-ring (bicyclic) bond motifs is 1. The van der Waals surface area contributed by atoms with Gasteiger partial charge in [0.15, 0.2) is 0 Å². The van der Waals surface area contributed by atoms with Crippen LogP contribution in [0.15, 0.2) is 83.5 Å². The van der Waals surface area contributed by atoms with Crippen molar-refractivity contribution in [3.8, 4) is 17.1 Å². The second-order valence-corrected chi connectivity index (χ2v) is 9.41. The fourth-order valence-electron chi connectivity index (χ4n) is 4.05. The molecule has 5 rings (SSSR count). The lowest BCUT2D eigenvalue weighted by molar-refractivity contribution is -0.120. The van der Waals surface area contributed by atoms with Gasteiger partial charge in [-0.2, -0.15) is 0 Å². The molecule has 40 heavy (non-hydrogen) atoms. The number of nitrogens with zero attached hydrogens (tertiary/aromatic N) is 2. The number of hydrogen-bond acceptors (Lipinski definition) is 7. The molecule has 3 aromatic carbocycles. The number of hydrogen-bond donors (Lipinski definition) is 3. The average molecular weight is 560 g/mol. The Kier molecular flexibility index (Phi) is 8.53. The smallest absolute Gasteiger partial charge is 0.221 e. The van der Waals surface area contributed by atoms with Gasteiger partial charge in [-0.05, 0) is 66.2 Å². The molecule has 0 aliphatic carbocycles. The van der Waals surface area contributed by atoms with Gasteiger partial charge in [-0.25, -0.2) is 14.4 Å². The van der Waals surface area contributed by atoms with E-state index in [0.717, 1.165) is 33.5 Å². The molecule has 0 saturated heterocycles. The average Bonchev–Trinajstić information content (AvgIpc) is 3.44. The minimum absolute atomic E-state index is 0.0103. The second kappa shape index (κ2) is 12.6. The van der Waals surface area contributed by atoms with Gasteiger partial charge in [0.25, 0.3) is 0 Å². The minimum Gasteiger partial charge on any atom is -0.487 e. The highest BCUT2D eigenvalue weighted by Crippen LogP contribution is 2.32. The summed E-state index contributed by atoms with van der Waals surface area (Å²) in [5.41, 5.74) is 3.22. The number of nitrogens with one attached hydrogen (secondary N) is 3. The summed E-state index contributed by atoms with van der Waals surface area (Å²) < 4.78 is 25.0. The molecule has 0 aliphatic heterocycles. The molecule has 10 heteroatoms. The summed E-state index contributed by atoms with van der Waals surface area (Å²) in [4.78, 5) is 20.2. The van der Waals surface area contributed by atoms with Crippen LogP contribution in [-0.4, -0.2) is 29.5 Å². The molecule has 0 aliphatic rings. The first kappa shape index (κ1) is 27.1. The molecular weight excluding hydrogens is 533 g/mol. The first-order valence-electron chi connectivity index (χ1n) is 12.7. The van der Waals surface area contributed by atoms with Crippen LogP contribution >= 0.6 is 11.6 Å². The fourth-order valence-corrected chi connectivity index (χ4v) is 4.29. The van der Waals surface area contributed by atoms with E-state index in [2.05, 4.69) is 25.9 Å². The number of furan rings is 1. The number of amides is 1. The third-order valence-corrected chi connectivity index (χ3v) is 6.49. The van der Waals surface area contributed by atoms with Crippen LogP contribution in [0.2, 0.25) is 5.02 Å². The number of anilines is 2. The van der Waals surface area contributed by atoms with E-state index in [-0.39, 0.29) is 18.3 Å². The molecule has 204 valence electrons. The van der Waals surface area contributed by atoms with E-state index in [1.165, 1.54) is 18.5 Å². The summed E-state index contributed by atoms with van der Waals surface area (Å²) in [5.74, 6) is 2.31. The molecule has 0 radical (unpaired) electrons. The van der Waals surface area contributed by atoms with Crippen LogP contribution in [-0.2, 0) is 17.9 Å². The molecule has 0 saturated carbocycles. The minimum atomic E-state index is -0.293. The predicted molar refractivity (Wildman–Crippen MR) is 153 cm³/mol. The highest BCUT2D eigenvalue weighted by molar-refractivity contribution is 6.32. The van der Waals surface area contributed by atoms with E-state index >= 15 is 0 Å². The number of rotatable bonds is 11. The van der Waals surface area contributed by atoms with Crippen molar-refractivity contribution in [1.82, 2.24) is 20.6 Å². The van der Waals surface area contributed by atoms with Gasteiger partial charge in [-0.1, -0.05) is 23.7 Å². The fraction of sp³-hybridized carbons (Fsp3) is 0.167. The summed E-state index contributed by atoms with van der Waals surface area (Å²) in [6.45, 7) is 1.35. The topological polar surface area (TPSA) is 101 Å². The number of carbonyl (C=O) groups excluding carboxylic acids is 1. The first-order chi connectivity index (χ1) is 19.5. The van der Waals surface area contributed by atoms with Crippen molar-refractivity contribution in [2.75, 3.05) is 18.9 Å². The predicted octanol–water partition coefficient (Wildman–Crippen LogP) is 6.23. The Bertz CT molecular complexity index is 1620. The second-order valence-electron chi connectivity index (χ2n) is 9.01. The lowest BCUT2D eigenvalue weighted by atomic mass is 10.1. The van der Waals surface area contributed by atoms with Crippen molar-refractivity contribution in [1.29, 1.82) is 0 Å². The lowest BCUT2D eigenvalue weighted by Gasteiger charge is -2.12. The molecule has 1 amide bonds. The number of ether oxygens (including phenoxy) is 1. The molecule has 5 aromatic rings. The quantitative estimate of drug-likeness (QED) is 0.165. The summed E-state index contributed by atoms with van der Waals surface area (Å²) >= 11 is 6.49. The zero-order valence-electron chi connectivity index (χ0n) is 21.7. The molecule has 3 N–H and O–H groups in total. The molecule has 0 bridgehead atoms. The van der Waals surface area contributed by atoms with Crippen LogP contribution in [0.3, 0.4) is 0 Å². The zero-order chi connectivity index (χ0) is 27.9. The van der Waals surface area contributed by atoms with Gasteiger partial charge in [0, 0.05) is 36.7 Å². The Morgan fingerprint density at radius 2 is 1.88 bits per heavy atom. The Balaban J connectivity index is 1.28. The standard InChI is InChI=1S/C30H27ClFN5O3/c1-33-29(38)12-13-34-16-23-8-11-27(40-23)20-4-9-26-24(14-20)30(36-18-35-26)37-22-7-10-28(25(31)15-22)39-17-19-2-5-21(32)6-3-19/h2-11,14-15,18,34H,12-13,16-17H2,1H3,(H,33,38)(H,35,36,37). The van der Waals surface area contributed by atoms with Crippen molar-refractivity contribution < 1.29 is 18.3 Å². The highest BCUT2D eigenvalue weighted by Gasteiger charge is 2.11. The van der Waals surface area contributed by atoms with E-state index in [1.54, 1.807) is 31.3 Å². The Labute approximate surface area is 235 Å². The first-order valence-corrected chi connectivity index (χ1v) is 13.1. The third kappa shape index (κ3) is 6.74. The van der Waals surface area contributed by atoms with E-state index in [9.17, 15) is 9.18 Å². The Morgan fingerprint density at radius 3 is 2.67 bits per heavy atom. The molecule has 0 spiro atoms. The van der Waals surface area contributed by atoms with Crippen LogP contribution in [0, 0.1) is 5.82 Å². The van der Waals surface area contributed by atoms with E-state index in [1.807, 2.05) is 36.4 Å². The SMILES string of the molecule is CNC(=O)CCNCc1ccc(-c2ccc3ncnc(Nc4ccc(OCc5ccc(F)cc5)c(Cl)c4)c3c2)o1. The van der Waals surface area contributed by atoms with Crippen molar-refractivity contribution in [2.45, 2.75) is 19.6 Å². The van der Waals surface area contributed by atoms with E-state index in [0.29, 0.717) is 41.9 Å². The van der Waals surface area contributed by atoms with Gasteiger partial charge < -0.3 is 25.1 Å². The monoisotopic (exact) mass is 559 g/mol. The van der Waals surface area contributed by atoms with Gasteiger partial charge in [0.05, 0.1) is 17.1 Å². The van der Waals surface area contributed by atoms with Gasteiger partial charge >= 0.3 is 0 Å². The molecule has 0 atom stereocenters. The molecule has 2 aromatic heterocycles. The molecule has 8 nitrogen and oxygen atoms in total. The Hall–Kier alpha value is -4.47. The maximum atomic E-state index is 13.1. The molecular formula is C30H27ClFN5O3. The number of halogens is 2. The zero-order valence-corrected chi connectivity index (χ0v) is 22.5. The molecule has 0 fully saturated rings. The van der Waals surface area contributed by atoms with Gasteiger partial charge in [0.1, 0.15) is 41.8 Å². The number of carbonyl (C=O) groups is 1. The maximum absolute atomic E-state index is 13.1. The van der Waals surface area contributed by atoms with Crippen LogP contribution < -0.4 is 20.7 Å². The Morgan fingerprint density at radius 1 is 1.02 bits per heavy atom. The summed E-state index contributed by atoms with van der Waals surface area (Å²) in [6.07, 6.45) is 1.91. The summed E-state index contributed by atoms with van der Waals surface area (Å²) in [5, 5.41) is 10.4. The lowest BCUT2D eigenvalue weighted by Crippen LogP contribution is -2.24. The normalized spacial score (nSPS) is 11.0. The van der Waals surface area contributed by atoms with Crippen LogP contribution in [0.25, 0.3) is 22.2 Å².